The van der Waals surface area contributed by atoms with Crippen molar-refractivity contribution >= 4 is 27.5 Å². The Morgan fingerprint density at radius 1 is 1.58 bits per heavy atom. The van der Waals surface area contributed by atoms with Crippen LogP contribution in [0.5, 0.6) is 5.75 Å². The van der Waals surface area contributed by atoms with E-state index in [1.165, 1.54) is 0 Å². The number of halogens is 1. The number of anilines is 1. The molecule has 1 aliphatic heterocycles. The van der Waals surface area contributed by atoms with E-state index < -0.39 is 0 Å². The molecule has 1 fully saturated rings. The highest BCUT2D eigenvalue weighted by atomic mass is 79.9. The predicted octanol–water partition coefficient (Wildman–Crippen LogP) is 2.79. The molecule has 0 radical (unpaired) electrons. The molecule has 19 heavy (non-hydrogen) atoms. The second-order valence-electron chi connectivity index (χ2n) is 4.86. The second-order valence-corrected chi connectivity index (χ2v) is 5.71. The van der Waals surface area contributed by atoms with Crippen LogP contribution in [0.15, 0.2) is 22.7 Å². The maximum atomic E-state index is 12.5. The Labute approximate surface area is 122 Å². The fraction of sp³-hybridized carbons (Fsp3) is 0.500. The highest BCUT2D eigenvalue weighted by Crippen LogP contribution is 2.33. The topological polar surface area (TPSA) is 50.4 Å². The third kappa shape index (κ3) is 2.92. The van der Waals surface area contributed by atoms with Crippen molar-refractivity contribution in [1.29, 1.82) is 0 Å². The van der Waals surface area contributed by atoms with Crippen LogP contribution in [0.4, 0.5) is 5.69 Å². The summed E-state index contributed by atoms with van der Waals surface area (Å²) in [7, 11) is 1.61. The minimum absolute atomic E-state index is 0.0777. The third-order valence-corrected chi connectivity index (χ3v) is 4.52. The van der Waals surface area contributed by atoms with Gasteiger partial charge in [0.2, 0.25) is 5.91 Å². The van der Waals surface area contributed by atoms with Gasteiger partial charge in [-0.3, -0.25) is 4.79 Å². The van der Waals surface area contributed by atoms with E-state index in [0.29, 0.717) is 0 Å². The van der Waals surface area contributed by atoms with Crippen molar-refractivity contribution in [3.63, 3.8) is 0 Å². The van der Waals surface area contributed by atoms with E-state index >= 15 is 0 Å². The number of hydrogen-bond donors (Lipinski definition) is 2. The lowest BCUT2D eigenvalue weighted by Gasteiger charge is -2.25. The molecule has 5 heteroatoms. The molecule has 2 rings (SSSR count). The van der Waals surface area contributed by atoms with Crippen LogP contribution < -0.4 is 15.4 Å². The Kier molecular flexibility index (Phi) is 4.47. The van der Waals surface area contributed by atoms with E-state index in [0.717, 1.165) is 41.8 Å². The van der Waals surface area contributed by atoms with Gasteiger partial charge in [-0.25, -0.2) is 0 Å². The maximum absolute atomic E-state index is 12.5. The van der Waals surface area contributed by atoms with Crippen LogP contribution in [0.25, 0.3) is 0 Å². The first kappa shape index (κ1) is 14.3. The van der Waals surface area contributed by atoms with Gasteiger partial charge < -0.3 is 15.4 Å². The SMILES string of the molecule is CCC1(C(=O)Nc2cc(OC)ccc2Br)CCNC1. The number of nitrogens with one attached hydrogen (secondary N) is 2. The van der Waals surface area contributed by atoms with Crippen molar-refractivity contribution in [1.82, 2.24) is 5.32 Å². The molecular formula is C14H19BrN2O2. The smallest absolute Gasteiger partial charge is 0.231 e. The number of methoxy groups -OCH3 is 1. The molecule has 0 aliphatic carbocycles. The monoisotopic (exact) mass is 326 g/mol. The van der Waals surface area contributed by atoms with Gasteiger partial charge in [0, 0.05) is 17.1 Å². The van der Waals surface area contributed by atoms with E-state index in [4.69, 9.17) is 4.74 Å². The lowest BCUT2D eigenvalue weighted by molar-refractivity contribution is -0.124. The summed E-state index contributed by atoms with van der Waals surface area (Å²) in [6.45, 7) is 3.71. The zero-order valence-electron chi connectivity index (χ0n) is 11.3. The minimum atomic E-state index is -0.289. The number of carbonyl (C=O) groups excluding carboxylic acids is 1. The molecule has 0 bridgehead atoms. The van der Waals surface area contributed by atoms with Gasteiger partial charge in [-0.05, 0) is 47.4 Å². The fourth-order valence-corrected chi connectivity index (χ4v) is 2.73. The lowest BCUT2D eigenvalue weighted by Crippen LogP contribution is -2.37. The zero-order valence-corrected chi connectivity index (χ0v) is 12.8. The lowest BCUT2D eigenvalue weighted by atomic mass is 9.83. The summed E-state index contributed by atoms with van der Waals surface area (Å²) in [6.07, 6.45) is 1.73. The Balaban J connectivity index is 2.18. The van der Waals surface area contributed by atoms with E-state index in [9.17, 15) is 4.79 Å². The first-order chi connectivity index (χ1) is 9.11. The molecule has 1 aliphatic rings. The molecule has 2 N–H and O–H groups in total. The normalized spacial score (nSPS) is 22.3. The molecule has 1 atom stereocenters. The molecule has 1 heterocycles. The number of amides is 1. The molecule has 0 aromatic heterocycles. The third-order valence-electron chi connectivity index (χ3n) is 3.82. The van der Waals surface area contributed by atoms with Gasteiger partial charge >= 0.3 is 0 Å². The summed E-state index contributed by atoms with van der Waals surface area (Å²) in [6, 6.07) is 5.56. The predicted molar refractivity (Wildman–Crippen MR) is 79.5 cm³/mol. The summed E-state index contributed by atoms with van der Waals surface area (Å²) in [4.78, 5) is 12.5. The van der Waals surface area contributed by atoms with Crippen molar-refractivity contribution in [3.05, 3.63) is 22.7 Å². The van der Waals surface area contributed by atoms with E-state index in [2.05, 4.69) is 33.5 Å². The number of benzene rings is 1. The van der Waals surface area contributed by atoms with Crippen LogP contribution in [0.3, 0.4) is 0 Å². The fourth-order valence-electron chi connectivity index (χ4n) is 2.38. The Morgan fingerprint density at radius 3 is 2.95 bits per heavy atom. The van der Waals surface area contributed by atoms with E-state index in [1.807, 2.05) is 18.2 Å². The van der Waals surface area contributed by atoms with E-state index in [1.54, 1.807) is 7.11 Å². The van der Waals surface area contributed by atoms with Crippen LogP contribution in [-0.4, -0.2) is 26.1 Å². The second kappa shape index (κ2) is 5.92. The van der Waals surface area contributed by atoms with Gasteiger partial charge in [-0.2, -0.15) is 0 Å². The number of rotatable bonds is 4. The molecule has 1 aromatic carbocycles. The van der Waals surface area contributed by atoms with Gasteiger partial charge in [0.25, 0.3) is 0 Å². The summed E-state index contributed by atoms with van der Waals surface area (Å²) in [5.74, 6) is 0.808. The van der Waals surface area contributed by atoms with Crippen molar-refractivity contribution < 1.29 is 9.53 Å². The molecule has 0 saturated carbocycles. The highest BCUT2D eigenvalue weighted by molar-refractivity contribution is 9.10. The summed E-state index contributed by atoms with van der Waals surface area (Å²) < 4.78 is 6.04. The van der Waals surface area contributed by atoms with Crippen molar-refractivity contribution in [2.24, 2.45) is 5.41 Å². The molecule has 0 spiro atoms. The average molecular weight is 327 g/mol. The molecule has 1 unspecified atom stereocenters. The largest absolute Gasteiger partial charge is 0.497 e. The quantitative estimate of drug-likeness (QED) is 0.894. The van der Waals surface area contributed by atoms with Crippen LogP contribution in [0, 0.1) is 5.41 Å². The van der Waals surface area contributed by atoms with Gasteiger partial charge in [0.05, 0.1) is 18.2 Å². The Morgan fingerprint density at radius 2 is 2.37 bits per heavy atom. The number of hydrogen-bond acceptors (Lipinski definition) is 3. The first-order valence-corrected chi connectivity index (χ1v) is 7.26. The van der Waals surface area contributed by atoms with Crippen molar-refractivity contribution in [2.75, 3.05) is 25.5 Å². The van der Waals surface area contributed by atoms with Crippen LogP contribution >= 0.6 is 15.9 Å². The van der Waals surface area contributed by atoms with Gasteiger partial charge in [0.1, 0.15) is 5.75 Å². The maximum Gasteiger partial charge on any atom is 0.231 e. The number of carbonyl (C=O) groups is 1. The minimum Gasteiger partial charge on any atom is -0.497 e. The molecular weight excluding hydrogens is 308 g/mol. The Hall–Kier alpha value is -1.07. The molecule has 4 nitrogen and oxygen atoms in total. The van der Waals surface area contributed by atoms with Crippen LogP contribution in [0.1, 0.15) is 19.8 Å². The Bertz CT molecular complexity index is 471. The highest BCUT2D eigenvalue weighted by Gasteiger charge is 2.39. The molecule has 1 amide bonds. The van der Waals surface area contributed by atoms with E-state index in [-0.39, 0.29) is 11.3 Å². The number of ether oxygens (including phenoxy) is 1. The van der Waals surface area contributed by atoms with Crippen LogP contribution in [0.2, 0.25) is 0 Å². The molecule has 104 valence electrons. The standard InChI is InChI=1S/C14H19BrN2O2/c1-3-14(6-7-16-9-14)13(18)17-12-8-10(19-2)4-5-11(12)15/h4-5,8,16H,3,6-7,9H2,1-2H3,(H,17,18). The molecule has 1 aromatic rings. The van der Waals surface area contributed by atoms with Gasteiger partial charge in [-0.1, -0.05) is 6.92 Å². The summed E-state index contributed by atoms with van der Waals surface area (Å²) >= 11 is 3.45. The van der Waals surface area contributed by atoms with Gasteiger partial charge in [0.15, 0.2) is 0 Å². The van der Waals surface area contributed by atoms with Crippen molar-refractivity contribution in [2.45, 2.75) is 19.8 Å². The van der Waals surface area contributed by atoms with Crippen molar-refractivity contribution in [3.8, 4) is 5.75 Å². The zero-order chi connectivity index (χ0) is 13.9. The summed E-state index contributed by atoms with van der Waals surface area (Å²) in [5.41, 5.74) is 0.465. The van der Waals surface area contributed by atoms with Gasteiger partial charge in [-0.15, -0.1) is 0 Å². The average Bonchev–Trinajstić information content (AvgIpc) is 2.91. The summed E-state index contributed by atoms with van der Waals surface area (Å²) in [5, 5.41) is 6.28. The first-order valence-electron chi connectivity index (χ1n) is 6.47. The molecule has 1 saturated heterocycles. The van der Waals surface area contributed by atoms with Crippen LogP contribution in [-0.2, 0) is 4.79 Å².